The molecule has 0 bridgehead atoms. The van der Waals surface area contributed by atoms with Gasteiger partial charge in [0, 0.05) is 12.2 Å². The summed E-state index contributed by atoms with van der Waals surface area (Å²) in [6.07, 6.45) is 2.19. The molecular formula is C20H26FN3O3. The fourth-order valence-electron chi connectivity index (χ4n) is 3.54. The third-order valence-corrected chi connectivity index (χ3v) is 5.11. The lowest BCUT2D eigenvalue weighted by Gasteiger charge is -2.34. The van der Waals surface area contributed by atoms with E-state index >= 15 is 0 Å². The van der Waals surface area contributed by atoms with Crippen LogP contribution < -0.4 is 10.6 Å². The molecule has 0 unspecified atom stereocenters. The van der Waals surface area contributed by atoms with E-state index in [0.29, 0.717) is 29.3 Å². The highest BCUT2D eigenvalue weighted by atomic mass is 19.1. The van der Waals surface area contributed by atoms with Crippen molar-refractivity contribution in [1.82, 2.24) is 15.5 Å². The van der Waals surface area contributed by atoms with Crippen LogP contribution in [0.5, 0.6) is 0 Å². The minimum atomic E-state index is -0.669. The average Bonchev–Trinajstić information content (AvgIpc) is 2.64. The van der Waals surface area contributed by atoms with E-state index in [2.05, 4.69) is 22.5 Å². The van der Waals surface area contributed by atoms with Crippen LogP contribution in [0, 0.1) is 11.7 Å². The summed E-state index contributed by atoms with van der Waals surface area (Å²) in [5.41, 5.74) is 1.57. The zero-order valence-corrected chi connectivity index (χ0v) is 15.8. The zero-order chi connectivity index (χ0) is 19.4. The first-order valence-corrected chi connectivity index (χ1v) is 9.43. The van der Waals surface area contributed by atoms with Gasteiger partial charge in [0.1, 0.15) is 5.82 Å². The Balaban J connectivity index is 1.94. The van der Waals surface area contributed by atoms with E-state index in [4.69, 9.17) is 4.74 Å². The topological polar surface area (TPSA) is 70.7 Å². The van der Waals surface area contributed by atoms with Crippen LogP contribution >= 0.6 is 0 Å². The summed E-state index contributed by atoms with van der Waals surface area (Å²) in [4.78, 5) is 27.2. The fraction of sp³-hybridized carbons (Fsp3) is 0.500. The number of amides is 2. The van der Waals surface area contributed by atoms with Crippen molar-refractivity contribution in [3.8, 4) is 0 Å². The number of rotatable bonds is 5. The molecule has 146 valence electrons. The molecule has 1 atom stereocenters. The van der Waals surface area contributed by atoms with Gasteiger partial charge in [-0.2, -0.15) is 0 Å². The van der Waals surface area contributed by atoms with E-state index in [-0.39, 0.29) is 18.5 Å². The summed E-state index contributed by atoms with van der Waals surface area (Å²) in [6, 6.07) is 4.74. The van der Waals surface area contributed by atoms with Crippen LogP contribution in [0.25, 0.3) is 0 Å². The smallest absolute Gasteiger partial charge is 0.338 e. The SMILES string of the molecule is CCOC(=O)C1=C(CN2CCC(C)CC2)NC(=O)N[C@H]1c1ccc(F)cc1. The first kappa shape index (κ1) is 19.4. The molecule has 2 aliphatic rings. The molecule has 2 amide bonds. The molecule has 27 heavy (non-hydrogen) atoms. The van der Waals surface area contributed by atoms with Crippen LogP contribution in [0.1, 0.15) is 38.3 Å². The minimum Gasteiger partial charge on any atom is -0.463 e. The minimum absolute atomic E-state index is 0.237. The highest BCUT2D eigenvalue weighted by Crippen LogP contribution is 2.29. The lowest BCUT2D eigenvalue weighted by atomic mass is 9.94. The van der Waals surface area contributed by atoms with E-state index in [1.807, 2.05) is 0 Å². The van der Waals surface area contributed by atoms with Crippen molar-refractivity contribution in [2.75, 3.05) is 26.2 Å². The van der Waals surface area contributed by atoms with Crippen LogP contribution in [-0.4, -0.2) is 43.1 Å². The molecule has 1 fully saturated rings. The number of ether oxygens (including phenoxy) is 1. The van der Waals surface area contributed by atoms with E-state index < -0.39 is 12.0 Å². The summed E-state index contributed by atoms with van der Waals surface area (Å²) in [7, 11) is 0. The molecule has 7 heteroatoms. The Morgan fingerprint density at radius 1 is 1.26 bits per heavy atom. The van der Waals surface area contributed by atoms with Crippen molar-refractivity contribution in [1.29, 1.82) is 0 Å². The summed E-state index contributed by atoms with van der Waals surface area (Å²) in [5.74, 6) is -0.155. The molecule has 0 spiro atoms. The molecule has 0 aromatic heterocycles. The number of piperidine rings is 1. The van der Waals surface area contributed by atoms with Gasteiger partial charge < -0.3 is 15.4 Å². The second-order valence-corrected chi connectivity index (χ2v) is 7.15. The number of hydrogen-bond acceptors (Lipinski definition) is 4. The Morgan fingerprint density at radius 2 is 1.93 bits per heavy atom. The van der Waals surface area contributed by atoms with Crippen LogP contribution in [0.15, 0.2) is 35.5 Å². The van der Waals surface area contributed by atoms with Crippen LogP contribution in [0.4, 0.5) is 9.18 Å². The maximum atomic E-state index is 13.3. The van der Waals surface area contributed by atoms with E-state index in [9.17, 15) is 14.0 Å². The summed E-state index contributed by atoms with van der Waals surface area (Å²) in [5, 5.41) is 5.55. The van der Waals surface area contributed by atoms with Crippen molar-refractivity contribution in [3.63, 3.8) is 0 Å². The van der Waals surface area contributed by atoms with Gasteiger partial charge in [-0.3, -0.25) is 4.90 Å². The van der Waals surface area contributed by atoms with Crippen LogP contribution in [-0.2, 0) is 9.53 Å². The summed E-state index contributed by atoms with van der Waals surface area (Å²) >= 11 is 0. The van der Waals surface area contributed by atoms with Gasteiger partial charge in [0.25, 0.3) is 0 Å². The maximum Gasteiger partial charge on any atom is 0.338 e. The molecule has 6 nitrogen and oxygen atoms in total. The molecule has 2 aliphatic heterocycles. The number of hydrogen-bond donors (Lipinski definition) is 2. The number of urea groups is 1. The summed E-state index contributed by atoms with van der Waals surface area (Å²) in [6.45, 7) is 6.53. The number of nitrogens with zero attached hydrogens (tertiary/aromatic N) is 1. The highest BCUT2D eigenvalue weighted by Gasteiger charge is 2.34. The third-order valence-electron chi connectivity index (χ3n) is 5.11. The first-order chi connectivity index (χ1) is 13.0. The van der Waals surface area contributed by atoms with Gasteiger partial charge in [-0.25, -0.2) is 14.0 Å². The van der Waals surface area contributed by atoms with Crippen molar-refractivity contribution in [3.05, 3.63) is 46.9 Å². The Kier molecular flexibility index (Phi) is 6.11. The van der Waals surface area contributed by atoms with Crippen molar-refractivity contribution in [2.24, 2.45) is 5.92 Å². The van der Waals surface area contributed by atoms with Gasteiger partial charge in [0.15, 0.2) is 0 Å². The Hall–Kier alpha value is -2.41. The normalized spacial score (nSPS) is 21.6. The molecule has 1 saturated heterocycles. The molecule has 3 rings (SSSR count). The quantitative estimate of drug-likeness (QED) is 0.777. The molecule has 0 radical (unpaired) electrons. The number of benzene rings is 1. The van der Waals surface area contributed by atoms with Crippen molar-refractivity contribution >= 4 is 12.0 Å². The second kappa shape index (κ2) is 8.52. The molecule has 0 aliphatic carbocycles. The van der Waals surface area contributed by atoms with E-state index in [0.717, 1.165) is 25.9 Å². The monoisotopic (exact) mass is 375 g/mol. The number of nitrogens with one attached hydrogen (secondary N) is 2. The number of carbonyl (C=O) groups is 2. The maximum absolute atomic E-state index is 13.3. The Labute approximate surface area is 158 Å². The average molecular weight is 375 g/mol. The molecule has 1 aromatic carbocycles. The largest absolute Gasteiger partial charge is 0.463 e. The third kappa shape index (κ3) is 4.66. The molecule has 1 aromatic rings. The lowest BCUT2D eigenvalue weighted by molar-refractivity contribution is -0.139. The number of esters is 1. The predicted octanol–water partition coefficient (Wildman–Crippen LogP) is 2.73. The molecule has 2 heterocycles. The standard InChI is InChI=1S/C20H26FN3O3/c1-3-27-19(25)17-16(12-24-10-8-13(2)9-11-24)22-20(26)23-18(17)14-4-6-15(21)7-5-14/h4-7,13,18H,3,8-12H2,1-2H3,(H2,22,23,26)/t18-/m0/s1. The van der Waals surface area contributed by atoms with Gasteiger partial charge in [-0.1, -0.05) is 19.1 Å². The van der Waals surface area contributed by atoms with Gasteiger partial charge in [-0.15, -0.1) is 0 Å². The van der Waals surface area contributed by atoms with Crippen molar-refractivity contribution < 1.29 is 18.7 Å². The van der Waals surface area contributed by atoms with Crippen molar-refractivity contribution in [2.45, 2.75) is 32.7 Å². The van der Waals surface area contributed by atoms with Crippen LogP contribution in [0.3, 0.4) is 0 Å². The molecular weight excluding hydrogens is 349 g/mol. The second-order valence-electron chi connectivity index (χ2n) is 7.15. The van der Waals surface area contributed by atoms with Gasteiger partial charge in [0.2, 0.25) is 0 Å². The van der Waals surface area contributed by atoms with E-state index in [1.165, 1.54) is 12.1 Å². The van der Waals surface area contributed by atoms with Gasteiger partial charge in [-0.05, 0) is 56.5 Å². The summed E-state index contributed by atoms with van der Waals surface area (Å²) < 4.78 is 18.6. The van der Waals surface area contributed by atoms with E-state index in [1.54, 1.807) is 19.1 Å². The molecule has 0 saturated carbocycles. The fourth-order valence-corrected chi connectivity index (χ4v) is 3.54. The first-order valence-electron chi connectivity index (χ1n) is 9.43. The predicted molar refractivity (Wildman–Crippen MR) is 99.3 cm³/mol. The van der Waals surface area contributed by atoms with Gasteiger partial charge >= 0.3 is 12.0 Å². The lowest BCUT2D eigenvalue weighted by Crippen LogP contribution is -2.49. The molecule has 2 N–H and O–H groups in total. The number of likely N-dealkylation sites (tertiary alicyclic amines) is 1. The Bertz CT molecular complexity index is 724. The number of halogens is 1. The Morgan fingerprint density at radius 3 is 2.56 bits per heavy atom. The number of carbonyl (C=O) groups excluding carboxylic acids is 2. The highest BCUT2D eigenvalue weighted by molar-refractivity contribution is 5.95. The van der Waals surface area contributed by atoms with Crippen LogP contribution in [0.2, 0.25) is 0 Å². The zero-order valence-electron chi connectivity index (χ0n) is 15.8. The van der Waals surface area contributed by atoms with Gasteiger partial charge in [0.05, 0.1) is 18.2 Å².